The lowest BCUT2D eigenvalue weighted by Gasteiger charge is -2.20. The van der Waals surface area contributed by atoms with E-state index in [1.165, 1.54) is 6.92 Å². The molecular formula is C22H22N2O5. The van der Waals surface area contributed by atoms with Crippen molar-refractivity contribution in [3.63, 3.8) is 0 Å². The van der Waals surface area contributed by atoms with Crippen molar-refractivity contribution in [3.05, 3.63) is 47.0 Å². The van der Waals surface area contributed by atoms with Gasteiger partial charge in [0, 0.05) is 30.3 Å². The summed E-state index contributed by atoms with van der Waals surface area (Å²) in [5.41, 5.74) is 3.66. The van der Waals surface area contributed by atoms with Crippen molar-refractivity contribution in [1.82, 2.24) is 0 Å². The molecule has 2 aromatic rings. The van der Waals surface area contributed by atoms with Crippen LogP contribution < -0.4 is 19.7 Å². The van der Waals surface area contributed by atoms with Crippen LogP contribution in [-0.4, -0.2) is 30.9 Å². The largest absolute Gasteiger partial charge is 0.454 e. The first-order valence-electron chi connectivity index (χ1n) is 9.47. The fraction of sp³-hybridized carbons (Fsp3) is 0.318. The van der Waals surface area contributed by atoms with Crippen LogP contribution in [0.2, 0.25) is 0 Å². The molecule has 2 aromatic carbocycles. The number of aryl methyl sites for hydroxylation is 1. The number of carbonyl (C=O) groups is 3. The first kappa shape index (κ1) is 19.0. The first-order valence-corrected chi connectivity index (χ1v) is 9.47. The second kappa shape index (κ2) is 7.24. The molecule has 7 heteroatoms. The molecule has 7 nitrogen and oxygen atoms in total. The highest BCUT2D eigenvalue weighted by Crippen LogP contribution is 2.38. The number of anilines is 2. The third-order valence-electron chi connectivity index (χ3n) is 5.51. The summed E-state index contributed by atoms with van der Waals surface area (Å²) in [5.74, 6) is -0.134. The summed E-state index contributed by atoms with van der Waals surface area (Å²) in [6.07, 6.45) is 0.124. The Hall–Kier alpha value is -3.35. The van der Waals surface area contributed by atoms with E-state index in [0.29, 0.717) is 29.3 Å². The molecular weight excluding hydrogens is 372 g/mol. The number of carbonyl (C=O) groups excluding carboxylic acids is 3. The van der Waals surface area contributed by atoms with Crippen LogP contribution >= 0.6 is 0 Å². The van der Waals surface area contributed by atoms with Gasteiger partial charge in [-0.3, -0.25) is 14.4 Å². The molecule has 2 aliphatic rings. The summed E-state index contributed by atoms with van der Waals surface area (Å²) in [5, 5.41) is 2.81. The number of amides is 2. The van der Waals surface area contributed by atoms with Crippen molar-refractivity contribution in [2.45, 2.75) is 27.2 Å². The summed E-state index contributed by atoms with van der Waals surface area (Å²) < 4.78 is 10.7. The standard InChI is InChI=1S/C22H22N2O5/c1-12-5-4-6-18(13(12)2)24-10-15(7-21(24)26)22(27)23-17-9-20-19(28-11-29-20)8-16(17)14(3)25/h4-6,8-9,15H,7,10-11H2,1-3H3,(H,23,27)/t15-/m0/s1. The van der Waals surface area contributed by atoms with Crippen LogP contribution in [0.4, 0.5) is 11.4 Å². The van der Waals surface area contributed by atoms with Gasteiger partial charge in [-0.25, -0.2) is 0 Å². The molecule has 0 spiro atoms. The van der Waals surface area contributed by atoms with Crippen molar-refractivity contribution in [2.75, 3.05) is 23.6 Å². The Morgan fingerprint density at radius 3 is 2.59 bits per heavy atom. The van der Waals surface area contributed by atoms with Crippen molar-refractivity contribution < 1.29 is 23.9 Å². The number of hydrogen-bond donors (Lipinski definition) is 1. The van der Waals surface area contributed by atoms with Gasteiger partial charge in [0.25, 0.3) is 0 Å². The smallest absolute Gasteiger partial charge is 0.231 e. The van der Waals surface area contributed by atoms with Gasteiger partial charge >= 0.3 is 0 Å². The minimum Gasteiger partial charge on any atom is -0.454 e. The maximum atomic E-state index is 12.9. The van der Waals surface area contributed by atoms with E-state index in [2.05, 4.69) is 5.32 Å². The molecule has 150 valence electrons. The Kier molecular flexibility index (Phi) is 4.74. The SMILES string of the molecule is CC(=O)c1cc2c(cc1NC(=O)[C@H]1CC(=O)N(c3cccc(C)c3C)C1)OCO2. The molecule has 1 saturated heterocycles. The summed E-state index contributed by atoms with van der Waals surface area (Å²) in [6, 6.07) is 8.96. The predicted molar refractivity (Wildman–Crippen MR) is 108 cm³/mol. The van der Waals surface area contributed by atoms with Gasteiger partial charge in [-0.2, -0.15) is 0 Å². The van der Waals surface area contributed by atoms with Crippen molar-refractivity contribution in [3.8, 4) is 11.5 Å². The van der Waals surface area contributed by atoms with Crippen LogP contribution in [0, 0.1) is 19.8 Å². The van der Waals surface area contributed by atoms with Gasteiger partial charge in [-0.05, 0) is 44.0 Å². The molecule has 1 atom stereocenters. The molecule has 0 aliphatic carbocycles. The molecule has 4 rings (SSSR count). The van der Waals surface area contributed by atoms with Gasteiger partial charge < -0.3 is 19.7 Å². The van der Waals surface area contributed by atoms with Gasteiger partial charge in [0.2, 0.25) is 18.6 Å². The van der Waals surface area contributed by atoms with Crippen LogP contribution in [0.1, 0.15) is 34.8 Å². The van der Waals surface area contributed by atoms with E-state index in [9.17, 15) is 14.4 Å². The lowest BCUT2D eigenvalue weighted by Crippen LogP contribution is -2.29. The predicted octanol–water partition coefficient (Wildman–Crippen LogP) is 3.23. The molecule has 0 unspecified atom stereocenters. The number of ketones is 1. The second-order valence-corrected chi connectivity index (χ2v) is 7.42. The number of Topliss-reactive ketones (excluding diaryl/α,β-unsaturated/α-hetero) is 1. The Balaban J connectivity index is 1.55. The van der Waals surface area contributed by atoms with Gasteiger partial charge in [-0.1, -0.05) is 12.1 Å². The number of benzene rings is 2. The van der Waals surface area contributed by atoms with Gasteiger partial charge in [0.1, 0.15) is 0 Å². The topological polar surface area (TPSA) is 84.9 Å². The maximum absolute atomic E-state index is 12.9. The average Bonchev–Trinajstić information content (AvgIpc) is 3.29. The number of rotatable bonds is 4. The van der Waals surface area contributed by atoms with Crippen molar-refractivity contribution in [1.29, 1.82) is 0 Å². The third kappa shape index (κ3) is 3.44. The van der Waals surface area contributed by atoms with E-state index in [-0.39, 0.29) is 30.8 Å². The van der Waals surface area contributed by atoms with Crippen LogP contribution in [0.3, 0.4) is 0 Å². The van der Waals surface area contributed by atoms with Crippen molar-refractivity contribution >= 4 is 29.0 Å². The third-order valence-corrected chi connectivity index (χ3v) is 5.51. The van der Waals surface area contributed by atoms with Crippen LogP contribution in [-0.2, 0) is 9.59 Å². The molecule has 0 aromatic heterocycles. The fourth-order valence-corrected chi connectivity index (χ4v) is 3.72. The molecule has 2 amide bonds. The highest BCUT2D eigenvalue weighted by atomic mass is 16.7. The molecule has 0 bridgehead atoms. The van der Waals surface area contributed by atoms with E-state index < -0.39 is 5.92 Å². The highest BCUT2D eigenvalue weighted by Gasteiger charge is 2.36. The van der Waals surface area contributed by atoms with E-state index in [1.807, 2.05) is 32.0 Å². The van der Waals surface area contributed by atoms with Crippen LogP contribution in [0.5, 0.6) is 11.5 Å². The zero-order valence-corrected chi connectivity index (χ0v) is 16.6. The molecule has 0 saturated carbocycles. The summed E-state index contributed by atoms with van der Waals surface area (Å²) in [4.78, 5) is 39.2. The fourth-order valence-electron chi connectivity index (χ4n) is 3.72. The zero-order chi connectivity index (χ0) is 20.7. The summed E-state index contributed by atoms with van der Waals surface area (Å²) in [6.45, 7) is 5.76. The Morgan fingerprint density at radius 2 is 1.86 bits per heavy atom. The van der Waals surface area contributed by atoms with E-state index in [0.717, 1.165) is 16.8 Å². The highest BCUT2D eigenvalue weighted by molar-refractivity contribution is 6.07. The average molecular weight is 394 g/mol. The number of fused-ring (bicyclic) bond motifs is 1. The maximum Gasteiger partial charge on any atom is 0.231 e. The lowest BCUT2D eigenvalue weighted by molar-refractivity contribution is -0.122. The van der Waals surface area contributed by atoms with Crippen LogP contribution in [0.25, 0.3) is 0 Å². The quantitative estimate of drug-likeness (QED) is 0.805. The monoisotopic (exact) mass is 394 g/mol. The van der Waals surface area contributed by atoms with Gasteiger partial charge in [-0.15, -0.1) is 0 Å². The normalized spacial score (nSPS) is 17.6. The Labute approximate surface area is 168 Å². The first-order chi connectivity index (χ1) is 13.8. The molecule has 29 heavy (non-hydrogen) atoms. The Morgan fingerprint density at radius 1 is 1.14 bits per heavy atom. The molecule has 1 fully saturated rings. The minimum atomic E-state index is -0.507. The second-order valence-electron chi connectivity index (χ2n) is 7.42. The van der Waals surface area contributed by atoms with E-state index in [1.54, 1.807) is 17.0 Å². The van der Waals surface area contributed by atoms with Crippen LogP contribution in [0.15, 0.2) is 30.3 Å². The number of ether oxygens (including phenoxy) is 2. The molecule has 1 N–H and O–H groups in total. The number of nitrogens with one attached hydrogen (secondary N) is 1. The minimum absolute atomic E-state index is 0.0754. The van der Waals surface area contributed by atoms with Crippen molar-refractivity contribution in [2.24, 2.45) is 5.92 Å². The zero-order valence-electron chi connectivity index (χ0n) is 16.6. The molecule has 2 aliphatic heterocycles. The summed E-state index contributed by atoms with van der Waals surface area (Å²) in [7, 11) is 0. The van der Waals surface area contributed by atoms with Gasteiger partial charge in [0.15, 0.2) is 17.3 Å². The van der Waals surface area contributed by atoms with E-state index >= 15 is 0 Å². The number of nitrogens with zero attached hydrogens (tertiary/aromatic N) is 1. The molecule has 0 radical (unpaired) electrons. The van der Waals surface area contributed by atoms with Gasteiger partial charge in [0.05, 0.1) is 11.6 Å². The molecule has 2 heterocycles. The number of hydrogen-bond acceptors (Lipinski definition) is 5. The lowest BCUT2D eigenvalue weighted by atomic mass is 10.1. The Bertz CT molecular complexity index is 1030. The summed E-state index contributed by atoms with van der Waals surface area (Å²) >= 11 is 0. The van der Waals surface area contributed by atoms with E-state index in [4.69, 9.17) is 9.47 Å².